The Kier molecular flexibility index (Phi) is 7.72. The molecule has 1 unspecified atom stereocenters. The lowest BCUT2D eigenvalue weighted by Gasteiger charge is -2.18. The van der Waals surface area contributed by atoms with Crippen LogP contribution in [0.5, 0.6) is 0 Å². The van der Waals surface area contributed by atoms with Gasteiger partial charge in [-0.15, -0.1) is 0 Å². The average Bonchev–Trinajstić information content (AvgIpc) is 2.12. The molecule has 0 saturated carbocycles. The predicted octanol–water partition coefficient (Wildman–Crippen LogP) is 1.32. The molecule has 1 atom stereocenters. The van der Waals surface area contributed by atoms with Crippen molar-refractivity contribution < 1.29 is 23.0 Å². The van der Waals surface area contributed by atoms with Crippen LogP contribution in [0.15, 0.2) is 0 Å². The third-order valence-corrected chi connectivity index (χ3v) is 1.75. The SMILES string of the molecule is CCCNC(CCO)COCC(F)(F)F. The summed E-state index contributed by atoms with van der Waals surface area (Å²) in [5.41, 5.74) is 0. The molecule has 0 aromatic heterocycles. The Bertz CT molecular complexity index is 153. The lowest BCUT2D eigenvalue weighted by atomic mass is 10.2. The van der Waals surface area contributed by atoms with Gasteiger partial charge < -0.3 is 15.2 Å². The number of hydrogen-bond donors (Lipinski definition) is 2. The molecule has 0 bridgehead atoms. The minimum atomic E-state index is -4.28. The van der Waals surface area contributed by atoms with Crippen molar-refractivity contribution in [1.82, 2.24) is 5.32 Å². The molecule has 15 heavy (non-hydrogen) atoms. The Hall–Kier alpha value is -0.330. The Balaban J connectivity index is 3.65. The number of hydrogen-bond acceptors (Lipinski definition) is 3. The van der Waals surface area contributed by atoms with E-state index in [1.165, 1.54) is 0 Å². The van der Waals surface area contributed by atoms with Gasteiger partial charge in [0, 0.05) is 12.6 Å². The Morgan fingerprint density at radius 1 is 1.40 bits per heavy atom. The van der Waals surface area contributed by atoms with Gasteiger partial charge in [0.25, 0.3) is 0 Å². The summed E-state index contributed by atoms with van der Waals surface area (Å²) in [6.45, 7) is 1.35. The second kappa shape index (κ2) is 7.90. The first-order valence-electron chi connectivity index (χ1n) is 4.98. The van der Waals surface area contributed by atoms with Gasteiger partial charge in [-0.05, 0) is 19.4 Å². The van der Waals surface area contributed by atoms with Crippen LogP contribution >= 0.6 is 0 Å². The van der Waals surface area contributed by atoms with Gasteiger partial charge in [-0.25, -0.2) is 0 Å². The predicted molar refractivity (Wildman–Crippen MR) is 50.7 cm³/mol. The van der Waals surface area contributed by atoms with Crippen LogP contribution in [-0.4, -0.2) is 43.7 Å². The van der Waals surface area contributed by atoms with Crippen LogP contribution in [0, 0.1) is 0 Å². The zero-order valence-corrected chi connectivity index (χ0v) is 8.81. The Labute approximate surface area is 87.6 Å². The van der Waals surface area contributed by atoms with Crippen molar-refractivity contribution >= 4 is 0 Å². The monoisotopic (exact) mass is 229 g/mol. The molecule has 0 saturated heterocycles. The molecule has 2 N–H and O–H groups in total. The molecule has 0 amide bonds. The lowest BCUT2D eigenvalue weighted by molar-refractivity contribution is -0.175. The second-order valence-electron chi connectivity index (χ2n) is 3.29. The molecule has 0 aliphatic carbocycles. The molecule has 92 valence electrons. The van der Waals surface area contributed by atoms with Crippen molar-refractivity contribution in [3.8, 4) is 0 Å². The fraction of sp³-hybridized carbons (Fsp3) is 1.00. The third kappa shape index (κ3) is 9.96. The summed E-state index contributed by atoms with van der Waals surface area (Å²) >= 11 is 0. The summed E-state index contributed by atoms with van der Waals surface area (Å²) < 4.78 is 39.8. The van der Waals surface area contributed by atoms with E-state index in [2.05, 4.69) is 10.1 Å². The first-order chi connectivity index (χ1) is 6.99. The molecule has 0 heterocycles. The van der Waals surface area contributed by atoms with Crippen molar-refractivity contribution in [2.75, 3.05) is 26.4 Å². The van der Waals surface area contributed by atoms with Crippen LogP contribution in [0.3, 0.4) is 0 Å². The number of rotatable bonds is 8. The maximum Gasteiger partial charge on any atom is 0.411 e. The summed E-state index contributed by atoms with van der Waals surface area (Å²) in [6, 6.07) is -0.211. The van der Waals surface area contributed by atoms with Gasteiger partial charge in [0.1, 0.15) is 6.61 Å². The highest BCUT2D eigenvalue weighted by Gasteiger charge is 2.27. The molecule has 0 spiro atoms. The molecule has 0 fully saturated rings. The first-order valence-corrected chi connectivity index (χ1v) is 4.98. The molecule has 0 rings (SSSR count). The molecule has 0 aromatic rings. The van der Waals surface area contributed by atoms with Crippen LogP contribution < -0.4 is 5.32 Å². The Morgan fingerprint density at radius 3 is 2.53 bits per heavy atom. The molecule has 0 radical (unpaired) electrons. The summed E-state index contributed by atoms with van der Waals surface area (Å²) in [6.07, 6.45) is -2.99. The highest BCUT2D eigenvalue weighted by atomic mass is 19.4. The zero-order chi connectivity index (χ0) is 11.7. The van der Waals surface area contributed by atoms with Crippen LogP contribution in [0.4, 0.5) is 13.2 Å². The van der Waals surface area contributed by atoms with Gasteiger partial charge in [0.05, 0.1) is 6.61 Å². The fourth-order valence-corrected chi connectivity index (χ4v) is 1.07. The number of nitrogens with one attached hydrogen (secondary N) is 1. The first kappa shape index (κ1) is 14.7. The largest absolute Gasteiger partial charge is 0.411 e. The standard InChI is InChI=1S/C9H18F3NO2/c1-2-4-13-8(3-5-14)6-15-7-9(10,11)12/h8,13-14H,2-7H2,1H3. The molecule has 0 aliphatic rings. The smallest absolute Gasteiger partial charge is 0.396 e. The van der Waals surface area contributed by atoms with Gasteiger partial charge in [-0.3, -0.25) is 0 Å². The van der Waals surface area contributed by atoms with E-state index in [1.54, 1.807) is 0 Å². The van der Waals surface area contributed by atoms with Gasteiger partial charge in [0.2, 0.25) is 0 Å². The minimum absolute atomic E-state index is 0.0277. The van der Waals surface area contributed by atoms with Gasteiger partial charge in [-0.1, -0.05) is 6.92 Å². The quantitative estimate of drug-likeness (QED) is 0.659. The van der Waals surface area contributed by atoms with Crippen LogP contribution in [0.25, 0.3) is 0 Å². The number of alkyl halides is 3. The number of aliphatic hydroxyl groups excluding tert-OH is 1. The van der Waals surface area contributed by atoms with Crippen molar-refractivity contribution in [1.29, 1.82) is 0 Å². The molecule has 0 aromatic carbocycles. The van der Waals surface area contributed by atoms with E-state index in [0.717, 1.165) is 6.42 Å². The van der Waals surface area contributed by atoms with Crippen LogP contribution in [0.1, 0.15) is 19.8 Å². The highest BCUT2D eigenvalue weighted by molar-refractivity contribution is 4.65. The summed E-state index contributed by atoms with van der Waals surface area (Å²) in [7, 11) is 0. The molecule has 0 aliphatic heterocycles. The summed E-state index contributed by atoms with van der Waals surface area (Å²) in [5.74, 6) is 0. The topological polar surface area (TPSA) is 41.5 Å². The van der Waals surface area contributed by atoms with Gasteiger partial charge in [0.15, 0.2) is 0 Å². The maximum atomic E-state index is 11.7. The van der Waals surface area contributed by atoms with Crippen molar-refractivity contribution in [3.05, 3.63) is 0 Å². The van der Waals surface area contributed by atoms with Gasteiger partial charge >= 0.3 is 6.18 Å². The van der Waals surface area contributed by atoms with E-state index >= 15 is 0 Å². The van der Waals surface area contributed by atoms with Crippen LogP contribution in [0.2, 0.25) is 0 Å². The highest BCUT2D eigenvalue weighted by Crippen LogP contribution is 2.14. The molecule has 6 heteroatoms. The minimum Gasteiger partial charge on any atom is -0.396 e. The third-order valence-electron chi connectivity index (χ3n) is 1.75. The van der Waals surface area contributed by atoms with Crippen molar-refractivity contribution in [2.45, 2.75) is 32.0 Å². The van der Waals surface area contributed by atoms with E-state index in [1.807, 2.05) is 6.92 Å². The van der Waals surface area contributed by atoms with E-state index in [4.69, 9.17) is 5.11 Å². The van der Waals surface area contributed by atoms with Crippen LogP contribution in [-0.2, 0) is 4.74 Å². The number of aliphatic hydroxyl groups is 1. The Morgan fingerprint density at radius 2 is 2.07 bits per heavy atom. The van der Waals surface area contributed by atoms with E-state index < -0.39 is 12.8 Å². The molecule has 3 nitrogen and oxygen atoms in total. The normalized spacial score (nSPS) is 14.2. The average molecular weight is 229 g/mol. The van der Waals surface area contributed by atoms with Crippen molar-refractivity contribution in [2.24, 2.45) is 0 Å². The number of ether oxygens (including phenoxy) is 1. The lowest BCUT2D eigenvalue weighted by Crippen LogP contribution is -2.36. The molecular formula is C9H18F3NO2. The summed E-state index contributed by atoms with van der Waals surface area (Å²) in [4.78, 5) is 0. The van der Waals surface area contributed by atoms with E-state index in [9.17, 15) is 13.2 Å². The van der Waals surface area contributed by atoms with E-state index in [-0.39, 0.29) is 19.3 Å². The second-order valence-corrected chi connectivity index (χ2v) is 3.29. The molecular weight excluding hydrogens is 211 g/mol. The zero-order valence-electron chi connectivity index (χ0n) is 8.81. The summed E-state index contributed by atoms with van der Waals surface area (Å²) in [5, 5.41) is 11.7. The maximum absolute atomic E-state index is 11.7. The fourth-order valence-electron chi connectivity index (χ4n) is 1.07. The number of halogens is 3. The van der Waals surface area contributed by atoms with Crippen molar-refractivity contribution in [3.63, 3.8) is 0 Å². The van der Waals surface area contributed by atoms with E-state index in [0.29, 0.717) is 13.0 Å². The van der Waals surface area contributed by atoms with Gasteiger partial charge in [-0.2, -0.15) is 13.2 Å².